The molecule has 0 radical (unpaired) electrons. The quantitative estimate of drug-likeness (QED) is 0.166. The summed E-state index contributed by atoms with van der Waals surface area (Å²) in [6.45, 7) is 0. The van der Waals surface area contributed by atoms with Gasteiger partial charge in [-0.15, -0.1) is 0 Å². The molecule has 55 heavy (non-hydrogen) atoms. The van der Waals surface area contributed by atoms with Crippen molar-refractivity contribution in [1.29, 1.82) is 0 Å². The molecule has 0 amide bonds. The number of rotatable bonds is 5. The number of hydrogen-bond donors (Lipinski definition) is 0. The SMILES string of the molecule is O=P(c1ccccc1)(c1ccccc1)c1ccc2c(c1)c1cc(-c3cc4c(c5ccccc35)Oc3ccc5ccccc5c3O4)ccc1n2-c1ccccc1. The van der Waals surface area contributed by atoms with Crippen LogP contribution >= 0.6 is 7.14 Å². The molecule has 2 heterocycles. The summed E-state index contributed by atoms with van der Waals surface area (Å²) in [5.41, 5.74) is 5.27. The zero-order valence-electron chi connectivity index (χ0n) is 29.6. The fraction of sp³-hybridized carbons (Fsp3) is 0. The van der Waals surface area contributed by atoms with Crippen molar-refractivity contribution in [2.75, 3.05) is 0 Å². The van der Waals surface area contributed by atoms with Gasteiger partial charge in [-0.25, -0.2) is 0 Å². The summed E-state index contributed by atoms with van der Waals surface area (Å²) < 4.78 is 31.3. The van der Waals surface area contributed by atoms with Gasteiger partial charge in [0.15, 0.2) is 30.1 Å². The Hall–Kier alpha value is -6.87. The molecular weight excluding hydrogens is 694 g/mol. The number of hydrogen-bond acceptors (Lipinski definition) is 3. The van der Waals surface area contributed by atoms with Gasteiger partial charge in [-0.3, -0.25) is 0 Å². The summed E-state index contributed by atoms with van der Waals surface area (Å²) in [6, 6.07) is 66.0. The molecule has 0 atom stereocenters. The molecule has 0 saturated carbocycles. The second-order valence-corrected chi connectivity index (χ2v) is 16.8. The molecule has 0 unspecified atom stereocenters. The van der Waals surface area contributed by atoms with E-state index in [2.05, 4.69) is 108 Å². The Morgan fingerprint density at radius 1 is 0.400 bits per heavy atom. The van der Waals surface area contributed by atoms with Gasteiger partial charge in [0.1, 0.15) is 0 Å². The van der Waals surface area contributed by atoms with Crippen LogP contribution in [0.25, 0.3) is 60.2 Å². The standard InChI is InChI=1S/C50H32NO3P/c52-55(36-17-6-2-7-18-36,37-19-8-3-9-20-37)38-26-28-46-44(31-38)43-30-34(24-27-45(43)51(46)35-15-4-1-5-16-35)42-32-48-50(41-23-13-12-22-40(41)42)53-47-29-25-33-14-10-11-21-39(33)49(47)54-48/h1-32H. The number of aromatic nitrogens is 1. The third-order valence-electron chi connectivity index (χ3n) is 10.9. The normalized spacial score (nSPS) is 12.4. The van der Waals surface area contributed by atoms with Gasteiger partial charge < -0.3 is 18.6 Å². The lowest BCUT2D eigenvalue weighted by atomic mass is 9.95. The molecule has 1 aromatic heterocycles. The summed E-state index contributed by atoms with van der Waals surface area (Å²) in [7, 11) is -3.22. The van der Waals surface area contributed by atoms with E-state index in [1.807, 2.05) is 91.0 Å². The van der Waals surface area contributed by atoms with Crippen molar-refractivity contribution in [3.8, 4) is 39.8 Å². The van der Waals surface area contributed by atoms with Gasteiger partial charge in [-0.1, -0.05) is 140 Å². The van der Waals surface area contributed by atoms with E-state index in [0.29, 0.717) is 17.2 Å². The number of nitrogens with zero attached hydrogens (tertiary/aromatic N) is 1. The predicted molar refractivity (Wildman–Crippen MR) is 227 cm³/mol. The van der Waals surface area contributed by atoms with Crippen molar-refractivity contribution in [2.45, 2.75) is 0 Å². The zero-order valence-corrected chi connectivity index (χ0v) is 30.5. The number of para-hydroxylation sites is 1. The van der Waals surface area contributed by atoms with Crippen molar-refractivity contribution in [2.24, 2.45) is 0 Å². The second-order valence-electron chi connectivity index (χ2n) is 14.0. The minimum Gasteiger partial charge on any atom is -0.449 e. The van der Waals surface area contributed by atoms with E-state index >= 15 is 4.57 Å². The summed E-state index contributed by atoms with van der Waals surface area (Å²) in [5, 5.41) is 8.68. The molecule has 9 aromatic carbocycles. The fourth-order valence-electron chi connectivity index (χ4n) is 8.32. The van der Waals surface area contributed by atoms with E-state index in [1.165, 1.54) is 0 Å². The summed E-state index contributed by atoms with van der Waals surface area (Å²) in [5.74, 6) is 2.82. The van der Waals surface area contributed by atoms with E-state index in [0.717, 1.165) is 81.8 Å². The maximum Gasteiger partial charge on any atom is 0.177 e. The maximum atomic E-state index is 15.6. The minimum atomic E-state index is -3.22. The number of fused-ring (bicyclic) bond motifs is 9. The lowest BCUT2D eigenvalue weighted by Crippen LogP contribution is -2.24. The third kappa shape index (κ3) is 4.89. The van der Waals surface area contributed by atoms with E-state index in [9.17, 15) is 0 Å². The smallest absolute Gasteiger partial charge is 0.177 e. The van der Waals surface area contributed by atoms with Crippen LogP contribution in [0.3, 0.4) is 0 Å². The topological polar surface area (TPSA) is 40.5 Å². The molecule has 10 aromatic rings. The van der Waals surface area contributed by atoms with Crippen LogP contribution in [-0.2, 0) is 4.57 Å². The molecule has 11 rings (SSSR count). The van der Waals surface area contributed by atoms with Crippen LogP contribution in [0.2, 0.25) is 0 Å². The third-order valence-corrected chi connectivity index (χ3v) is 14.0. The van der Waals surface area contributed by atoms with E-state index < -0.39 is 7.14 Å². The Bertz CT molecular complexity index is 3130. The first kappa shape index (κ1) is 31.6. The lowest BCUT2D eigenvalue weighted by Gasteiger charge is -2.24. The van der Waals surface area contributed by atoms with Crippen LogP contribution in [0.4, 0.5) is 0 Å². The Labute approximate surface area is 317 Å². The fourth-order valence-corrected chi connectivity index (χ4v) is 11.0. The number of benzene rings is 9. The predicted octanol–water partition coefficient (Wildman–Crippen LogP) is 12.3. The first-order valence-electron chi connectivity index (χ1n) is 18.4. The molecule has 4 nitrogen and oxygen atoms in total. The largest absolute Gasteiger partial charge is 0.449 e. The highest BCUT2D eigenvalue weighted by molar-refractivity contribution is 7.85. The molecule has 0 aliphatic carbocycles. The lowest BCUT2D eigenvalue weighted by molar-refractivity contribution is 0.367. The Balaban J connectivity index is 1.15. The van der Waals surface area contributed by atoms with Crippen LogP contribution in [0.1, 0.15) is 0 Å². The molecule has 260 valence electrons. The van der Waals surface area contributed by atoms with Gasteiger partial charge in [0.25, 0.3) is 0 Å². The molecule has 0 saturated heterocycles. The van der Waals surface area contributed by atoms with Crippen LogP contribution in [0, 0.1) is 0 Å². The van der Waals surface area contributed by atoms with Gasteiger partial charge in [0.05, 0.1) is 11.0 Å². The highest BCUT2D eigenvalue weighted by Gasteiger charge is 2.31. The van der Waals surface area contributed by atoms with Gasteiger partial charge in [-0.2, -0.15) is 0 Å². The first-order chi connectivity index (χ1) is 27.1. The molecule has 0 fully saturated rings. The molecule has 0 N–H and O–H groups in total. The second kappa shape index (κ2) is 12.3. The minimum absolute atomic E-state index is 0.679. The first-order valence-corrected chi connectivity index (χ1v) is 20.1. The summed E-state index contributed by atoms with van der Waals surface area (Å²) in [4.78, 5) is 0. The summed E-state index contributed by atoms with van der Waals surface area (Å²) in [6.07, 6.45) is 0. The van der Waals surface area contributed by atoms with Gasteiger partial charge in [-0.05, 0) is 76.5 Å². The van der Waals surface area contributed by atoms with Crippen molar-refractivity contribution < 1.29 is 14.0 Å². The van der Waals surface area contributed by atoms with Crippen LogP contribution < -0.4 is 25.4 Å². The van der Waals surface area contributed by atoms with E-state index in [4.69, 9.17) is 9.47 Å². The van der Waals surface area contributed by atoms with Gasteiger partial charge >= 0.3 is 0 Å². The van der Waals surface area contributed by atoms with Gasteiger partial charge in [0, 0.05) is 43.1 Å². The average molecular weight is 726 g/mol. The molecule has 1 aliphatic rings. The maximum absolute atomic E-state index is 15.6. The van der Waals surface area contributed by atoms with Gasteiger partial charge in [0.2, 0.25) is 0 Å². The number of ether oxygens (including phenoxy) is 2. The van der Waals surface area contributed by atoms with Crippen molar-refractivity contribution in [3.63, 3.8) is 0 Å². The Morgan fingerprint density at radius 3 is 1.69 bits per heavy atom. The van der Waals surface area contributed by atoms with Crippen LogP contribution in [0.5, 0.6) is 23.0 Å². The monoisotopic (exact) mass is 725 g/mol. The van der Waals surface area contributed by atoms with E-state index in [1.54, 1.807) is 0 Å². The van der Waals surface area contributed by atoms with Crippen molar-refractivity contribution >= 4 is 66.4 Å². The van der Waals surface area contributed by atoms with Crippen molar-refractivity contribution in [1.82, 2.24) is 4.57 Å². The van der Waals surface area contributed by atoms with E-state index in [-0.39, 0.29) is 0 Å². The summed E-state index contributed by atoms with van der Waals surface area (Å²) >= 11 is 0. The highest BCUT2D eigenvalue weighted by Crippen LogP contribution is 2.53. The molecule has 1 aliphatic heterocycles. The highest BCUT2D eigenvalue weighted by atomic mass is 31.2. The van der Waals surface area contributed by atoms with Crippen molar-refractivity contribution in [3.05, 3.63) is 194 Å². The van der Waals surface area contributed by atoms with Crippen LogP contribution in [0.15, 0.2) is 194 Å². The average Bonchev–Trinajstić information content (AvgIpc) is 3.59. The molecule has 0 bridgehead atoms. The van der Waals surface area contributed by atoms with Crippen LogP contribution in [-0.4, -0.2) is 4.57 Å². The Morgan fingerprint density at radius 2 is 0.964 bits per heavy atom. The zero-order chi connectivity index (χ0) is 36.5. The molecular formula is C50H32NO3P. The molecule has 5 heteroatoms. The molecule has 0 spiro atoms. The Kier molecular flexibility index (Phi) is 7.10.